The van der Waals surface area contributed by atoms with Crippen LogP contribution in [-0.4, -0.2) is 39.1 Å². The lowest BCUT2D eigenvalue weighted by Gasteiger charge is -2.44. The first kappa shape index (κ1) is 14.2. The molecule has 3 heterocycles. The molecule has 2 aliphatic heterocycles. The van der Waals surface area contributed by atoms with Crippen LogP contribution in [-0.2, 0) is 16.1 Å². The molecule has 2 aliphatic rings. The van der Waals surface area contributed by atoms with Crippen LogP contribution in [0.1, 0.15) is 23.8 Å². The summed E-state index contributed by atoms with van der Waals surface area (Å²) >= 11 is 1.43. The van der Waals surface area contributed by atoms with Gasteiger partial charge in [0.25, 0.3) is 0 Å². The molecule has 0 spiro atoms. The average molecular weight is 308 g/mol. The van der Waals surface area contributed by atoms with Gasteiger partial charge in [0, 0.05) is 17.0 Å². The quantitative estimate of drug-likeness (QED) is 0.707. The third kappa shape index (κ3) is 2.00. The number of carboxylic acid groups (broad SMARTS) is 1. The SMILES string of the molecule is C[C@@H](O)[C@H]1C(=O)N2C(C(=O)O)=C(c3cc(CN)cs3)C[C@H]12. The zero-order valence-electron chi connectivity index (χ0n) is 11.4. The lowest BCUT2D eigenvalue weighted by Crippen LogP contribution is -2.61. The zero-order valence-corrected chi connectivity index (χ0v) is 12.3. The fraction of sp³-hybridized carbons (Fsp3) is 0.429. The number of aliphatic hydroxyl groups is 1. The Labute approximate surface area is 125 Å². The van der Waals surface area contributed by atoms with E-state index >= 15 is 0 Å². The van der Waals surface area contributed by atoms with Crippen molar-refractivity contribution in [3.8, 4) is 0 Å². The number of amides is 1. The molecule has 21 heavy (non-hydrogen) atoms. The van der Waals surface area contributed by atoms with Gasteiger partial charge in [0.15, 0.2) is 0 Å². The molecule has 4 N–H and O–H groups in total. The number of carbonyl (C=O) groups excluding carboxylic acids is 1. The first-order chi connectivity index (χ1) is 9.95. The Morgan fingerprint density at radius 2 is 2.33 bits per heavy atom. The maximum Gasteiger partial charge on any atom is 0.352 e. The van der Waals surface area contributed by atoms with Gasteiger partial charge in [-0.3, -0.25) is 4.79 Å². The van der Waals surface area contributed by atoms with Gasteiger partial charge in [-0.15, -0.1) is 11.3 Å². The summed E-state index contributed by atoms with van der Waals surface area (Å²) in [4.78, 5) is 25.8. The highest BCUT2D eigenvalue weighted by atomic mass is 32.1. The molecule has 3 atom stereocenters. The van der Waals surface area contributed by atoms with Crippen LogP contribution in [0.4, 0.5) is 0 Å². The van der Waals surface area contributed by atoms with Crippen molar-refractivity contribution in [2.45, 2.75) is 32.0 Å². The number of fused-ring (bicyclic) bond motifs is 1. The number of aliphatic hydroxyl groups excluding tert-OH is 1. The average Bonchev–Trinajstić information content (AvgIpc) is 2.99. The summed E-state index contributed by atoms with van der Waals surface area (Å²) in [6.45, 7) is 1.96. The Morgan fingerprint density at radius 1 is 1.62 bits per heavy atom. The Balaban J connectivity index is 2.00. The first-order valence-electron chi connectivity index (χ1n) is 6.71. The molecule has 1 aromatic rings. The van der Waals surface area contributed by atoms with Gasteiger partial charge in [0.2, 0.25) is 5.91 Å². The number of hydrogen-bond acceptors (Lipinski definition) is 5. The molecule has 0 bridgehead atoms. The third-order valence-corrected chi connectivity index (χ3v) is 5.16. The molecule has 0 unspecified atom stereocenters. The van der Waals surface area contributed by atoms with E-state index in [1.54, 1.807) is 6.92 Å². The molecule has 6 nitrogen and oxygen atoms in total. The number of hydrogen-bond donors (Lipinski definition) is 3. The number of nitrogens with zero attached hydrogens (tertiary/aromatic N) is 1. The minimum atomic E-state index is -1.10. The number of aliphatic carboxylic acids is 1. The highest BCUT2D eigenvalue weighted by Crippen LogP contribution is 2.47. The second kappa shape index (κ2) is 4.94. The Bertz CT molecular complexity index is 649. The van der Waals surface area contributed by atoms with E-state index in [2.05, 4.69) is 0 Å². The predicted octanol–water partition coefficient (Wildman–Crippen LogP) is 0.614. The van der Waals surface area contributed by atoms with Crippen LogP contribution in [0.2, 0.25) is 0 Å². The van der Waals surface area contributed by atoms with Crippen molar-refractivity contribution < 1.29 is 19.8 Å². The second-order valence-corrected chi connectivity index (χ2v) is 6.31. The van der Waals surface area contributed by atoms with Crippen LogP contribution in [0.3, 0.4) is 0 Å². The van der Waals surface area contributed by atoms with Crippen LogP contribution in [0, 0.1) is 5.92 Å². The number of nitrogens with two attached hydrogens (primary N) is 1. The molecule has 0 aromatic carbocycles. The summed E-state index contributed by atoms with van der Waals surface area (Å²) in [5.74, 6) is -1.92. The van der Waals surface area contributed by atoms with Crippen molar-refractivity contribution in [2.75, 3.05) is 0 Å². The number of carbonyl (C=O) groups is 2. The van der Waals surface area contributed by atoms with Gasteiger partial charge in [-0.1, -0.05) is 0 Å². The van der Waals surface area contributed by atoms with Crippen molar-refractivity contribution in [3.63, 3.8) is 0 Å². The van der Waals surface area contributed by atoms with E-state index in [0.29, 0.717) is 18.5 Å². The molecule has 0 aliphatic carbocycles. The molecule has 1 saturated heterocycles. The molecule has 0 radical (unpaired) electrons. The highest BCUT2D eigenvalue weighted by molar-refractivity contribution is 7.11. The summed E-state index contributed by atoms with van der Waals surface area (Å²) in [5, 5.41) is 21.0. The predicted molar refractivity (Wildman–Crippen MR) is 77.2 cm³/mol. The Hall–Kier alpha value is -1.70. The lowest BCUT2D eigenvalue weighted by atomic mass is 9.83. The van der Waals surface area contributed by atoms with E-state index in [4.69, 9.17) is 5.73 Å². The monoisotopic (exact) mass is 308 g/mol. The summed E-state index contributed by atoms with van der Waals surface area (Å²) < 4.78 is 0. The standard InChI is InChI=1S/C14H16N2O4S/c1-6(17)11-9-3-8(10-2-7(4-15)5-21-10)12(14(19)20)16(9)13(11)18/h2,5-6,9,11,17H,3-4,15H2,1H3,(H,19,20)/t6-,9-,11-/m1/s1. The fourth-order valence-corrected chi connectivity index (χ4v) is 4.11. The van der Waals surface area contributed by atoms with Gasteiger partial charge >= 0.3 is 5.97 Å². The molecule has 1 fully saturated rings. The molecule has 1 amide bonds. The lowest BCUT2D eigenvalue weighted by molar-refractivity contribution is -0.161. The molecule has 7 heteroatoms. The highest BCUT2D eigenvalue weighted by Gasteiger charge is 2.56. The Kier molecular flexibility index (Phi) is 3.35. The minimum absolute atomic E-state index is 0.0484. The van der Waals surface area contributed by atoms with Crippen molar-refractivity contribution in [3.05, 3.63) is 27.6 Å². The number of rotatable bonds is 4. The molecule has 112 valence electrons. The number of β-lactam (4-membered cyclic amide) rings is 1. The van der Waals surface area contributed by atoms with Crippen molar-refractivity contribution in [1.82, 2.24) is 4.90 Å². The van der Waals surface area contributed by atoms with Gasteiger partial charge < -0.3 is 20.8 Å². The van der Waals surface area contributed by atoms with Gasteiger partial charge in [-0.2, -0.15) is 0 Å². The van der Waals surface area contributed by atoms with Gasteiger partial charge in [-0.25, -0.2) is 4.79 Å². The molecular formula is C14H16N2O4S. The topological polar surface area (TPSA) is 104 Å². The largest absolute Gasteiger partial charge is 0.477 e. The molecule has 0 saturated carbocycles. The van der Waals surface area contributed by atoms with E-state index in [0.717, 1.165) is 10.4 Å². The minimum Gasteiger partial charge on any atom is -0.477 e. The van der Waals surface area contributed by atoms with E-state index in [-0.39, 0.29) is 17.6 Å². The van der Waals surface area contributed by atoms with Crippen LogP contribution in [0.5, 0.6) is 0 Å². The third-order valence-electron chi connectivity index (χ3n) is 4.12. The first-order valence-corrected chi connectivity index (χ1v) is 7.59. The van der Waals surface area contributed by atoms with Crippen LogP contribution >= 0.6 is 11.3 Å². The zero-order chi connectivity index (χ0) is 15.3. The molecule has 1 aromatic heterocycles. The summed E-state index contributed by atoms with van der Waals surface area (Å²) in [7, 11) is 0. The fourth-order valence-electron chi connectivity index (χ4n) is 3.13. The van der Waals surface area contributed by atoms with E-state index in [9.17, 15) is 19.8 Å². The maximum absolute atomic E-state index is 12.1. The normalized spacial score (nSPS) is 25.9. The van der Waals surface area contributed by atoms with Gasteiger partial charge in [0.1, 0.15) is 5.70 Å². The van der Waals surface area contributed by atoms with E-state index < -0.39 is 18.0 Å². The number of carboxylic acids is 1. The molecule has 3 rings (SSSR count). The van der Waals surface area contributed by atoms with E-state index in [1.165, 1.54) is 16.2 Å². The van der Waals surface area contributed by atoms with Crippen LogP contribution in [0.25, 0.3) is 5.57 Å². The van der Waals surface area contributed by atoms with Crippen molar-refractivity contribution >= 4 is 28.8 Å². The smallest absolute Gasteiger partial charge is 0.352 e. The van der Waals surface area contributed by atoms with Gasteiger partial charge in [0.05, 0.1) is 18.1 Å². The number of thiophene rings is 1. The second-order valence-electron chi connectivity index (χ2n) is 5.40. The van der Waals surface area contributed by atoms with Crippen LogP contribution in [0.15, 0.2) is 17.1 Å². The van der Waals surface area contributed by atoms with E-state index in [1.807, 2.05) is 11.4 Å². The van der Waals surface area contributed by atoms with Crippen molar-refractivity contribution in [2.24, 2.45) is 11.7 Å². The Morgan fingerprint density at radius 3 is 2.86 bits per heavy atom. The summed E-state index contributed by atoms with van der Waals surface area (Å²) in [6.07, 6.45) is -0.302. The van der Waals surface area contributed by atoms with Crippen LogP contribution < -0.4 is 5.73 Å². The molecular weight excluding hydrogens is 292 g/mol. The summed E-state index contributed by atoms with van der Waals surface area (Å²) in [6, 6.07) is 1.62. The maximum atomic E-state index is 12.1. The van der Waals surface area contributed by atoms with Crippen molar-refractivity contribution in [1.29, 1.82) is 0 Å². The van der Waals surface area contributed by atoms with Gasteiger partial charge in [-0.05, 0) is 30.4 Å². The summed E-state index contributed by atoms with van der Waals surface area (Å²) in [5.41, 5.74) is 7.24.